The molecule has 0 aliphatic rings. The second kappa shape index (κ2) is 3.31. The highest BCUT2D eigenvalue weighted by molar-refractivity contribution is 7.98. The van der Waals surface area contributed by atoms with Crippen LogP contribution in [0.3, 0.4) is 0 Å². The van der Waals surface area contributed by atoms with Crippen LogP contribution in [0, 0.1) is 12.7 Å². The van der Waals surface area contributed by atoms with Gasteiger partial charge in [0.2, 0.25) is 0 Å². The maximum atomic E-state index is 13.3. The van der Waals surface area contributed by atoms with E-state index in [0.29, 0.717) is 0 Å². The zero-order valence-corrected chi connectivity index (χ0v) is 9.06. The first-order chi connectivity index (χ1) is 6.20. The lowest BCUT2D eigenvalue weighted by Crippen LogP contribution is -1.77. The van der Waals surface area contributed by atoms with Crippen molar-refractivity contribution in [2.24, 2.45) is 0 Å². The molecule has 0 fully saturated rings. The molecule has 0 atom stereocenters. The Morgan fingerprint density at radius 1 is 1.31 bits per heavy atom. The van der Waals surface area contributed by atoms with Gasteiger partial charge in [0, 0.05) is 14.5 Å². The lowest BCUT2D eigenvalue weighted by molar-refractivity contribution is 0.604. The Kier molecular flexibility index (Phi) is 2.30. The van der Waals surface area contributed by atoms with Crippen LogP contribution in [-0.4, -0.2) is 6.26 Å². The fourth-order valence-corrected chi connectivity index (χ4v) is 2.84. The summed E-state index contributed by atoms with van der Waals surface area (Å²) in [6.45, 7) is 2.04. The van der Waals surface area contributed by atoms with E-state index in [2.05, 4.69) is 0 Å². The van der Waals surface area contributed by atoms with Gasteiger partial charge in [0.1, 0.15) is 5.82 Å². The second-order valence-electron chi connectivity index (χ2n) is 2.88. The molecular formula is C10H9FS2. The highest BCUT2D eigenvalue weighted by Gasteiger charge is 2.05. The maximum absolute atomic E-state index is 13.3. The minimum absolute atomic E-state index is 0.113. The summed E-state index contributed by atoms with van der Waals surface area (Å²) in [4.78, 5) is 1.96. The van der Waals surface area contributed by atoms with Gasteiger partial charge in [-0.15, -0.1) is 23.1 Å². The molecule has 2 rings (SSSR count). The molecule has 0 nitrogen and oxygen atoms in total. The van der Waals surface area contributed by atoms with Gasteiger partial charge in [0.05, 0.1) is 0 Å². The summed E-state index contributed by atoms with van der Waals surface area (Å²) in [6.07, 6.45) is 1.89. The van der Waals surface area contributed by atoms with Gasteiger partial charge in [0.25, 0.3) is 0 Å². The molecule has 3 heteroatoms. The summed E-state index contributed by atoms with van der Waals surface area (Å²) in [5.41, 5.74) is 0. The van der Waals surface area contributed by atoms with Gasteiger partial charge in [-0.1, -0.05) is 0 Å². The van der Waals surface area contributed by atoms with Gasteiger partial charge in [-0.3, -0.25) is 0 Å². The van der Waals surface area contributed by atoms with Crippen molar-refractivity contribution in [2.75, 3.05) is 6.26 Å². The van der Waals surface area contributed by atoms with Crippen LogP contribution in [0.5, 0.6) is 0 Å². The summed E-state index contributed by atoms with van der Waals surface area (Å²) in [6, 6.07) is 5.56. The predicted molar refractivity (Wildman–Crippen MR) is 58.3 cm³/mol. The van der Waals surface area contributed by atoms with Crippen LogP contribution in [0.15, 0.2) is 23.1 Å². The summed E-state index contributed by atoms with van der Waals surface area (Å²) in [5.74, 6) is -0.113. The van der Waals surface area contributed by atoms with E-state index in [9.17, 15) is 4.39 Å². The van der Waals surface area contributed by atoms with E-state index in [1.54, 1.807) is 17.4 Å². The van der Waals surface area contributed by atoms with Crippen molar-refractivity contribution in [1.29, 1.82) is 0 Å². The topological polar surface area (TPSA) is 0 Å². The Hall–Kier alpha value is -0.540. The van der Waals surface area contributed by atoms with Crippen molar-refractivity contribution in [2.45, 2.75) is 11.8 Å². The van der Waals surface area contributed by atoms with E-state index >= 15 is 0 Å². The van der Waals surface area contributed by atoms with Gasteiger partial charge in [-0.05, 0) is 36.8 Å². The monoisotopic (exact) mass is 212 g/mol. The van der Waals surface area contributed by atoms with Crippen molar-refractivity contribution in [3.63, 3.8) is 0 Å². The van der Waals surface area contributed by atoms with E-state index in [1.807, 2.05) is 25.3 Å². The molecule has 2 aromatic rings. The molecule has 0 radical (unpaired) electrons. The fourth-order valence-electron chi connectivity index (χ4n) is 1.33. The number of rotatable bonds is 1. The Morgan fingerprint density at radius 2 is 2.08 bits per heavy atom. The second-order valence-corrected chi connectivity index (χ2v) is 5.02. The molecule has 1 aromatic carbocycles. The molecule has 0 spiro atoms. The standard InChI is InChI=1S/C10H9FS2/c1-6-3-7-4-8(11)10(12-2)5-9(7)13-6/h3-5H,1-2H3. The van der Waals surface area contributed by atoms with Gasteiger partial charge < -0.3 is 0 Å². The van der Waals surface area contributed by atoms with Crippen LogP contribution in [0.4, 0.5) is 4.39 Å². The highest BCUT2D eigenvalue weighted by Crippen LogP contribution is 2.30. The minimum Gasteiger partial charge on any atom is -0.206 e. The number of hydrogen-bond acceptors (Lipinski definition) is 2. The summed E-state index contributed by atoms with van der Waals surface area (Å²) in [7, 11) is 0. The molecule has 0 aliphatic carbocycles. The van der Waals surface area contributed by atoms with Crippen LogP contribution in [-0.2, 0) is 0 Å². The minimum atomic E-state index is -0.113. The number of aryl methyl sites for hydroxylation is 1. The van der Waals surface area contributed by atoms with Crippen molar-refractivity contribution in [3.05, 3.63) is 28.9 Å². The zero-order valence-electron chi connectivity index (χ0n) is 7.43. The average Bonchev–Trinajstić information content (AvgIpc) is 2.42. The Bertz CT molecular complexity index is 445. The lowest BCUT2D eigenvalue weighted by Gasteiger charge is -1.97. The number of halogens is 1. The first-order valence-corrected chi connectivity index (χ1v) is 5.98. The SMILES string of the molecule is CSc1cc2sc(C)cc2cc1F. The molecule has 0 bridgehead atoms. The molecule has 0 saturated heterocycles. The number of hydrogen-bond donors (Lipinski definition) is 0. The predicted octanol–water partition coefficient (Wildman–Crippen LogP) is 4.07. The molecule has 0 saturated carbocycles. The van der Waals surface area contributed by atoms with Crippen LogP contribution < -0.4 is 0 Å². The van der Waals surface area contributed by atoms with E-state index in [1.165, 1.54) is 21.3 Å². The lowest BCUT2D eigenvalue weighted by atomic mass is 10.2. The molecule has 1 heterocycles. The van der Waals surface area contributed by atoms with E-state index in [-0.39, 0.29) is 5.82 Å². The van der Waals surface area contributed by atoms with Crippen LogP contribution in [0.1, 0.15) is 4.88 Å². The number of benzene rings is 1. The third-order valence-corrected chi connectivity index (χ3v) is 3.68. The molecule has 0 unspecified atom stereocenters. The first kappa shape index (κ1) is 9.03. The molecule has 0 amide bonds. The van der Waals surface area contributed by atoms with Crippen molar-refractivity contribution in [3.8, 4) is 0 Å². The molecule has 1 aromatic heterocycles. The first-order valence-electron chi connectivity index (χ1n) is 3.94. The van der Waals surface area contributed by atoms with Gasteiger partial charge >= 0.3 is 0 Å². The van der Waals surface area contributed by atoms with Crippen molar-refractivity contribution in [1.82, 2.24) is 0 Å². The smallest absolute Gasteiger partial charge is 0.137 e. The van der Waals surface area contributed by atoms with Gasteiger partial charge in [-0.25, -0.2) is 4.39 Å². The Morgan fingerprint density at radius 3 is 2.77 bits per heavy atom. The van der Waals surface area contributed by atoms with E-state index in [0.717, 1.165) is 10.3 Å². The zero-order chi connectivity index (χ0) is 9.42. The number of thioether (sulfide) groups is 1. The molecule has 13 heavy (non-hydrogen) atoms. The molecule has 68 valence electrons. The summed E-state index contributed by atoms with van der Waals surface area (Å²) in [5, 5.41) is 1.01. The maximum Gasteiger partial charge on any atom is 0.137 e. The van der Waals surface area contributed by atoms with Crippen LogP contribution in [0.25, 0.3) is 10.1 Å². The third-order valence-electron chi connectivity index (χ3n) is 1.91. The van der Waals surface area contributed by atoms with Crippen molar-refractivity contribution >= 4 is 33.2 Å². The quantitative estimate of drug-likeness (QED) is 0.642. The number of fused-ring (bicyclic) bond motifs is 1. The average molecular weight is 212 g/mol. The number of thiophene rings is 1. The van der Waals surface area contributed by atoms with E-state index < -0.39 is 0 Å². The molecule has 0 N–H and O–H groups in total. The van der Waals surface area contributed by atoms with Gasteiger partial charge in [-0.2, -0.15) is 0 Å². The Balaban J connectivity index is 2.72. The largest absolute Gasteiger partial charge is 0.206 e. The van der Waals surface area contributed by atoms with Crippen LogP contribution in [0.2, 0.25) is 0 Å². The highest BCUT2D eigenvalue weighted by atomic mass is 32.2. The molecule has 0 aliphatic heterocycles. The summed E-state index contributed by atoms with van der Waals surface area (Å²) < 4.78 is 14.5. The summed E-state index contributed by atoms with van der Waals surface area (Å²) >= 11 is 3.16. The van der Waals surface area contributed by atoms with Crippen LogP contribution >= 0.6 is 23.1 Å². The molecular weight excluding hydrogens is 203 g/mol. The third kappa shape index (κ3) is 1.58. The van der Waals surface area contributed by atoms with Gasteiger partial charge in [0.15, 0.2) is 0 Å². The normalized spacial score (nSPS) is 11.0. The van der Waals surface area contributed by atoms with E-state index in [4.69, 9.17) is 0 Å². The van der Waals surface area contributed by atoms with Crippen molar-refractivity contribution < 1.29 is 4.39 Å². The Labute approximate surface area is 84.8 Å². The fraction of sp³-hybridized carbons (Fsp3) is 0.200.